The molecule has 2 amide bonds. The number of nitrogens with one attached hydrogen (secondary N) is 1. The lowest BCUT2D eigenvalue weighted by molar-refractivity contribution is -0.149. The first-order valence-corrected chi connectivity index (χ1v) is 25.5. The first kappa shape index (κ1) is 43.9. The predicted molar refractivity (Wildman–Crippen MR) is 245 cm³/mol. The number of ketones is 1. The van der Waals surface area contributed by atoms with E-state index in [0.29, 0.717) is 32.4 Å². The fourth-order valence-corrected chi connectivity index (χ4v) is 14.6. The number of carbonyl (C=O) groups is 4. The van der Waals surface area contributed by atoms with Crippen LogP contribution in [0.2, 0.25) is 23.2 Å². The number of phenolic OH excluding ortho intramolecular Hbond substituents is 1. The maximum absolute atomic E-state index is 15.1. The lowest BCUT2D eigenvalue weighted by Gasteiger charge is -2.38. The van der Waals surface area contributed by atoms with Gasteiger partial charge in [-0.2, -0.15) is 0 Å². The first-order valence-electron chi connectivity index (χ1n) is 21.7. The number of carbonyl (C=O) groups excluding carboxylic acids is 4. The number of pyridine rings is 1. The summed E-state index contributed by atoms with van der Waals surface area (Å²) in [6.45, 7) is 13.6. The Balaban J connectivity index is 1.29. The van der Waals surface area contributed by atoms with Gasteiger partial charge in [-0.05, 0) is 105 Å². The second-order valence-electron chi connectivity index (χ2n) is 18.3. The molecular formula is C47H56N5O7SSi2. The van der Waals surface area contributed by atoms with E-state index in [4.69, 9.17) is 26.7 Å². The summed E-state index contributed by atoms with van der Waals surface area (Å²) in [4.78, 5) is 63.4. The van der Waals surface area contributed by atoms with Gasteiger partial charge in [0.05, 0.1) is 53.1 Å². The Morgan fingerprint density at radius 1 is 1.11 bits per heavy atom. The van der Waals surface area contributed by atoms with Crippen molar-refractivity contribution >= 4 is 70.0 Å². The average molecular weight is 891 g/mol. The molecule has 3 fully saturated rings. The molecule has 5 atom stereocenters. The summed E-state index contributed by atoms with van der Waals surface area (Å²) >= 11 is 5.86. The van der Waals surface area contributed by atoms with Crippen LogP contribution in [0.1, 0.15) is 76.8 Å². The molecule has 1 unspecified atom stereocenters. The molecule has 3 radical (unpaired) electrons. The van der Waals surface area contributed by atoms with Crippen LogP contribution in [0.3, 0.4) is 0 Å². The van der Waals surface area contributed by atoms with Crippen molar-refractivity contribution in [3.05, 3.63) is 71.5 Å². The Morgan fingerprint density at radius 3 is 2.65 bits per heavy atom. The second kappa shape index (κ2) is 17.1. The van der Waals surface area contributed by atoms with Crippen molar-refractivity contribution in [3.8, 4) is 28.1 Å². The van der Waals surface area contributed by atoms with Gasteiger partial charge < -0.3 is 24.0 Å². The number of esters is 1. The molecule has 2 N–H and O–H groups in total. The number of aromatic hydroxyl groups is 1. The zero-order chi connectivity index (χ0) is 44.2. The van der Waals surface area contributed by atoms with Crippen LogP contribution in [0.25, 0.3) is 33.3 Å². The van der Waals surface area contributed by atoms with Crippen LogP contribution in [-0.2, 0) is 48.0 Å². The lowest BCUT2D eigenvalue weighted by atomic mass is 9.84. The van der Waals surface area contributed by atoms with E-state index in [-0.39, 0.29) is 63.5 Å². The highest BCUT2D eigenvalue weighted by atomic mass is 32.1. The third-order valence-corrected chi connectivity index (χ3v) is 18.2. The Morgan fingerprint density at radius 2 is 1.90 bits per heavy atom. The highest BCUT2D eigenvalue weighted by Crippen LogP contribution is 2.61. The molecule has 62 heavy (non-hydrogen) atoms. The largest absolute Gasteiger partial charge is 0.508 e. The molecule has 325 valence electrons. The molecule has 12 nitrogen and oxygen atoms in total. The van der Waals surface area contributed by atoms with Crippen LogP contribution in [-0.4, -0.2) is 104 Å². The minimum Gasteiger partial charge on any atom is -0.508 e. The molecule has 8 rings (SSSR count). The fourth-order valence-electron chi connectivity index (χ4n) is 10.0. The molecule has 4 aliphatic rings. The monoisotopic (exact) mass is 890 g/mol. The number of thiocarbonyl (C=S) groups is 1. The fraction of sp³-hybridized carbons (Fsp3) is 0.489. The van der Waals surface area contributed by atoms with Gasteiger partial charge in [0.15, 0.2) is 5.78 Å². The van der Waals surface area contributed by atoms with E-state index in [1.165, 1.54) is 11.9 Å². The Hall–Kier alpha value is -4.71. The number of ether oxygens (including phenoxy) is 2. The normalized spacial score (nSPS) is 24.9. The number of aryl methyl sites for hydroxylation is 1. The standard InChI is InChI=1S/C47H56N5O7SSi2/c1-8-50-37-15-14-30-23-35(37)36(39(50)33-12-9-16-48-38(33)27(2)58-6)25-46(4,5)26-59-44(56)34-13-10-18-52(49-42(34)60)45(57)47(24-29-20-31(30)22-32(54)21-29)41(61-47)40(55)43-51(28(3)53)17-11-19-62(43)7/h9,12,14-16,20-23,27,34,41,43,54H,8,10-11,13,17-19,24-26H2,1-7H3,(H,49,60)/t27-,34+,41?,43-,47-/m0/s1. The number of rotatable bonds is 6. The van der Waals surface area contributed by atoms with Crippen LogP contribution >= 0.6 is 12.2 Å². The van der Waals surface area contributed by atoms with Crippen molar-refractivity contribution in [2.24, 2.45) is 11.3 Å². The summed E-state index contributed by atoms with van der Waals surface area (Å²) in [7, 11) is 0.407. The highest BCUT2D eigenvalue weighted by molar-refractivity contribution is 7.80. The zero-order valence-corrected chi connectivity index (χ0v) is 39.5. The third-order valence-electron chi connectivity index (χ3n) is 13.2. The number of cyclic esters (lactones) is 1. The van der Waals surface area contributed by atoms with E-state index in [1.807, 2.05) is 19.1 Å². The number of Topliss-reactive ketones (excluding diaryl/α,β-unsaturated/α-hetero) is 1. The van der Waals surface area contributed by atoms with Crippen molar-refractivity contribution in [2.45, 2.75) is 108 Å². The molecule has 4 aromatic rings. The van der Waals surface area contributed by atoms with Gasteiger partial charge in [-0.3, -0.25) is 34.6 Å². The van der Waals surface area contributed by atoms with Crippen LogP contribution in [0.15, 0.2) is 54.7 Å². The minimum absolute atomic E-state index is 0.0318. The van der Waals surface area contributed by atoms with Crippen LogP contribution in [0.5, 0.6) is 5.75 Å². The number of fused-ring (bicyclic) bond motifs is 7. The van der Waals surface area contributed by atoms with Crippen molar-refractivity contribution in [1.82, 2.24) is 24.9 Å². The van der Waals surface area contributed by atoms with Crippen molar-refractivity contribution < 1.29 is 33.8 Å². The summed E-state index contributed by atoms with van der Waals surface area (Å²) in [6.07, 6.45) is 4.03. The van der Waals surface area contributed by atoms with Gasteiger partial charge in [-0.1, -0.05) is 50.8 Å². The average Bonchev–Trinajstić information content (AvgIpc) is 3.94. The molecule has 0 saturated carbocycles. The van der Waals surface area contributed by atoms with Gasteiger partial charge >= 0.3 is 5.97 Å². The van der Waals surface area contributed by atoms with E-state index in [2.05, 4.69) is 61.6 Å². The molecule has 15 heteroatoms. The molecule has 6 heterocycles. The number of methoxy groups -OCH3 is 1. The Kier molecular flexibility index (Phi) is 12.1. The van der Waals surface area contributed by atoms with Gasteiger partial charge in [-0.25, -0.2) is 0 Å². The van der Waals surface area contributed by atoms with Crippen LogP contribution in [0.4, 0.5) is 0 Å². The summed E-state index contributed by atoms with van der Waals surface area (Å²) in [5.74, 6) is -1.57. The van der Waals surface area contributed by atoms with Gasteiger partial charge in [0.25, 0.3) is 0 Å². The van der Waals surface area contributed by atoms with Crippen LogP contribution in [0, 0.1) is 11.3 Å². The number of aromatic nitrogens is 2. The van der Waals surface area contributed by atoms with Gasteiger partial charge in [0.2, 0.25) is 11.8 Å². The Labute approximate surface area is 373 Å². The van der Waals surface area contributed by atoms with Gasteiger partial charge in [0, 0.05) is 67.3 Å². The molecule has 4 aliphatic heterocycles. The van der Waals surface area contributed by atoms with E-state index in [0.717, 1.165) is 62.6 Å². The van der Waals surface area contributed by atoms with Crippen molar-refractivity contribution in [1.29, 1.82) is 0 Å². The smallest absolute Gasteiger partial charge is 0.315 e. The van der Waals surface area contributed by atoms with E-state index in [9.17, 15) is 19.5 Å². The number of nitrogens with zero attached hydrogens (tertiary/aromatic N) is 4. The molecular weight excluding hydrogens is 835 g/mol. The topological polar surface area (TPSA) is 143 Å². The predicted octanol–water partition coefficient (Wildman–Crippen LogP) is 7.06. The minimum atomic E-state index is -1.24. The van der Waals surface area contributed by atoms with E-state index in [1.54, 1.807) is 30.3 Å². The number of hydrogen-bond acceptors (Lipinski definition) is 9. The highest BCUT2D eigenvalue weighted by Gasteiger charge is 2.66. The third kappa shape index (κ3) is 8.05. The van der Waals surface area contributed by atoms with E-state index >= 15 is 4.79 Å². The molecule has 6 bridgehead atoms. The zero-order valence-electron chi connectivity index (χ0n) is 36.7. The molecule has 3 saturated heterocycles. The van der Waals surface area contributed by atoms with Crippen molar-refractivity contribution in [2.75, 3.05) is 26.8 Å². The number of amides is 2. The molecule has 1 spiro atoms. The number of benzene rings is 2. The quantitative estimate of drug-likeness (QED) is 0.117. The molecule has 2 aromatic carbocycles. The van der Waals surface area contributed by atoms with E-state index < -0.39 is 42.3 Å². The van der Waals surface area contributed by atoms with Gasteiger partial charge in [0.1, 0.15) is 16.7 Å². The summed E-state index contributed by atoms with van der Waals surface area (Å²) < 4.78 is 14.3. The first-order chi connectivity index (χ1) is 29.6. The number of hydrogen-bond donors (Lipinski definition) is 2. The lowest BCUT2D eigenvalue weighted by Crippen LogP contribution is -2.56. The van der Waals surface area contributed by atoms with Crippen molar-refractivity contribution in [3.63, 3.8) is 0 Å². The summed E-state index contributed by atoms with van der Waals surface area (Å²) in [5.41, 5.74) is 8.77. The Bertz CT molecular complexity index is 2470. The van der Waals surface area contributed by atoms with Crippen LogP contribution < -0.4 is 5.43 Å². The second-order valence-corrected chi connectivity index (χ2v) is 23.2. The molecule has 2 aromatic heterocycles. The number of hydrazine groups is 1. The summed E-state index contributed by atoms with van der Waals surface area (Å²) in [5, 5.41) is 12.8. The maximum atomic E-state index is 15.1. The number of phenols is 1. The SMILES string of the molecule is CCn1c(-c2cccnc2[C@H](C)OC)c2c3cc(ccc31)-c1cc(O)cc(c1)C[C@@]1([Si]C1C(=O)[C@H]1N(C(C)=O)CCC[Si]1C)C(=O)N1CCC[C@@H](C(=O)OCC(C)(C)C2)C(=S)N1. The summed E-state index contributed by atoms with van der Waals surface area (Å²) in [6, 6.07) is 16.8. The maximum Gasteiger partial charge on any atom is 0.315 e. The molecule has 0 aliphatic carbocycles. The van der Waals surface area contributed by atoms with Gasteiger partial charge in [-0.15, -0.1) is 0 Å².